The lowest BCUT2D eigenvalue weighted by molar-refractivity contribution is 0.0916. The fourth-order valence-electron chi connectivity index (χ4n) is 2.87. The van der Waals surface area contributed by atoms with E-state index in [4.69, 9.17) is 9.63 Å². The number of rotatable bonds is 3. The largest absolute Gasteiger partial charge is 0.393 e. The first-order chi connectivity index (χ1) is 11.2. The van der Waals surface area contributed by atoms with Gasteiger partial charge in [0.15, 0.2) is 0 Å². The summed E-state index contributed by atoms with van der Waals surface area (Å²) in [5.74, 6) is 0.783. The lowest BCUT2D eigenvalue weighted by Gasteiger charge is -2.28. The average Bonchev–Trinajstić information content (AvgIpc) is 3.17. The third kappa shape index (κ3) is 2.25. The summed E-state index contributed by atoms with van der Waals surface area (Å²) in [5, 5.41) is 27.9. The lowest BCUT2D eigenvalue weighted by Crippen LogP contribution is -2.34. The van der Waals surface area contributed by atoms with Gasteiger partial charge in [0.1, 0.15) is 23.6 Å². The van der Waals surface area contributed by atoms with E-state index >= 15 is 0 Å². The summed E-state index contributed by atoms with van der Waals surface area (Å²) in [7, 11) is 0. The Morgan fingerprint density at radius 2 is 2.22 bits per heavy atom. The number of aliphatic hydroxyl groups excluding tert-OH is 2. The zero-order chi connectivity index (χ0) is 16.0. The molecule has 9 nitrogen and oxygen atoms in total. The smallest absolute Gasteiger partial charge is 0.263 e. The van der Waals surface area contributed by atoms with Crippen molar-refractivity contribution in [2.24, 2.45) is 0 Å². The van der Waals surface area contributed by atoms with E-state index < -0.39 is 6.10 Å². The van der Waals surface area contributed by atoms with Crippen LogP contribution >= 0.6 is 0 Å². The van der Waals surface area contributed by atoms with Crippen molar-refractivity contribution >= 4 is 16.9 Å². The first kappa shape index (κ1) is 14.1. The van der Waals surface area contributed by atoms with Crippen LogP contribution in [0.5, 0.6) is 0 Å². The SMILES string of the molecule is Cc1noc2ncnc(N3CCn4nc([C@@H](O)CO)cc4C3)c12. The maximum absolute atomic E-state index is 9.73. The normalized spacial score (nSPS) is 15.9. The minimum absolute atomic E-state index is 0.341. The van der Waals surface area contributed by atoms with Crippen molar-refractivity contribution in [3.8, 4) is 0 Å². The van der Waals surface area contributed by atoms with E-state index in [0.29, 0.717) is 24.5 Å². The van der Waals surface area contributed by atoms with E-state index in [1.54, 1.807) is 0 Å². The highest BCUT2D eigenvalue weighted by molar-refractivity contribution is 5.87. The van der Waals surface area contributed by atoms with Crippen molar-refractivity contribution < 1.29 is 14.7 Å². The molecule has 0 saturated heterocycles. The predicted molar refractivity (Wildman–Crippen MR) is 79.7 cm³/mol. The monoisotopic (exact) mass is 316 g/mol. The maximum Gasteiger partial charge on any atom is 0.263 e. The summed E-state index contributed by atoms with van der Waals surface area (Å²) in [5.41, 5.74) is 2.67. The summed E-state index contributed by atoms with van der Waals surface area (Å²) >= 11 is 0. The van der Waals surface area contributed by atoms with Crippen molar-refractivity contribution in [3.05, 3.63) is 29.5 Å². The predicted octanol–water partition coefficient (Wildman–Crippen LogP) is 0.169. The molecule has 2 N–H and O–H groups in total. The summed E-state index contributed by atoms with van der Waals surface area (Å²) < 4.78 is 7.04. The second-order valence-corrected chi connectivity index (χ2v) is 5.55. The third-order valence-corrected chi connectivity index (χ3v) is 4.05. The topological polar surface area (TPSA) is 113 Å². The number of hydrogen-bond acceptors (Lipinski definition) is 8. The van der Waals surface area contributed by atoms with Gasteiger partial charge in [0.25, 0.3) is 5.71 Å². The van der Waals surface area contributed by atoms with Crippen molar-refractivity contribution in [2.75, 3.05) is 18.1 Å². The fourth-order valence-corrected chi connectivity index (χ4v) is 2.87. The van der Waals surface area contributed by atoms with Gasteiger partial charge in [-0.3, -0.25) is 4.68 Å². The Morgan fingerprint density at radius 3 is 3.04 bits per heavy atom. The number of aliphatic hydroxyl groups is 2. The summed E-state index contributed by atoms with van der Waals surface area (Å²) in [6, 6.07) is 1.81. The molecule has 4 heterocycles. The molecule has 9 heteroatoms. The Morgan fingerprint density at radius 1 is 1.35 bits per heavy atom. The van der Waals surface area contributed by atoms with Crippen LogP contribution in [-0.2, 0) is 13.1 Å². The fraction of sp³-hybridized carbons (Fsp3) is 0.429. The van der Waals surface area contributed by atoms with Gasteiger partial charge in [-0.25, -0.2) is 4.98 Å². The summed E-state index contributed by atoms with van der Waals surface area (Å²) in [4.78, 5) is 10.6. The average molecular weight is 316 g/mol. The van der Waals surface area contributed by atoms with Crippen molar-refractivity contribution in [2.45, 2.75) is 26.1 Å². The number of nitrogens with zero attached hydrogens (tertiary/aromatic N) is 6. The zero-order valence-corrected chi connectivity index (χ0v) is 12.5. The maximum atomic E-state index is 9.73. The molecule has 1 aliphatic heterocycles. The molecule has 23 heavy (non-hydrogen) atoms. The molecule has 3 aromatic heterocycles. The molecule has 1 atom stereocenters. The molecule has 0 aliphatic carbocycles. The number of aryl methyl sites for hydroxylation is 1. The molecule has 3 aromatic rings. The van der Waals surface area contributed by atoms with Gasteiger partial charge in [-0.15, -0.1) is 0 Å². The molecule has 0 saturated carbocycles. The summed E-state index contributed by atoms with van der Waals surface area (Å²) in [6.07, 6.45) is 0.516. The Balaban J connectivity index is 1.69. The lowest BCUT2D eigenvalue weighted by atomic mass is 10.2. The van der Waals surface area contributed by atoms with Gasteiger partial charge in [-0.1, -0.05) is 5.16 Å². The first-order valence-corrected chi connectivity index (χ1v) is 7.35. The Bertz CT molecular complexity index is 857. The minimum Gasteiger partial charge on any atom is -0.393 e. The molecule has 0 fully saturated rings. The highest BCUT2D eigenvalue weighted by Gasteiger charge is 2.24. The van der Waals surface area contributed by atoms with Crippen molar-refractivity contribution in [3.63, 3.8) is 0 Å². The van der Waals surface area contributed by atoms with Gasteiger partial charge in [0.05, 0.1) is 36.8 Å². The van der Waals surface area contributed by atoms with E-state index in [0.717, 1.165) is 29.1 Å². The molecule has 0 radical (unpaired) electrons. The van der Waals surface area contributed by atoms with E-state index in [1.165, 1.54) is 6.33 Å². The van der Waals surface area contributed by atoms with Crippen LogP contribution in [-0.4, -0.2) is 48.3 Å². The number of fused-ring (bicyclic) bond motifs is 2. The molecule has 120 valence electrons. The molecule has 0 unspecified atom stereocenters. The first-order valence-electron chi connectivity index (χ1n) is 7.35. The van der Waals surface area contributed by atoms with Gasteiger partial charge in [-0.2, -0.15) is 10.1 Å². The van der Waals surface area contributed by atoms with Crippen LogP contribution in [0.2, 0.25) is 0 Å². The van der Waals surface area contributed by atoms with E-state index in [9.17, 15) is 5.11 Å². The Labute approximate surface area is 131 Å². The van der Waals surface area contributed by atoms with Crippen LogP contribution in [0.25, 0.3) is 11.1 Å². The molecule has 1 aliphatic rings. The van der Waals surface area contributed by atoms with Gasteiger partial charge in [0.2, 0.25) is 0 Å². The second kappa shape index (κ2) is 5.28. The van der Waals surface area contributed by atoms with Gasteiger partial charge >= 0.3 is 0 Å². The molecule has 0 aromatic carbocycles. The molecule has 0 bridgehead atoms. The Hall–Kier alpha value is -2.52. The number of anilines is 1. The number of aromatic nitrogens is 5. The van der Waals surface area contributed by atoms with Crippen LogP contribution in [0.4, 0.5) is 5.82 Å². The minimum atomic E-state index is -0.951. The van der Waals surface area contributed by atoms with E-state index in [1.807, 2.05) is 17.7 Å². The van der Waals surface area contributed by atoms with Crippen molar-refractivity contribution in [1.29, 1.82) is 0 Å². The van der Waals surface area contributed by atoms with Gasteiger partial charge in [-0.05, 0) is 13.0 Å². The van der Waals surface area contributed by atoms with Crippen LogP contribution in [0.3, 0.4) is 0 Å². The van der Waals surface area contributed by atoms with E-state index in [2.05, 4.69) is 25.1 Å². The molecular formula is C14H16N6O3. The molecule has 4 rings (SSSR count). The zero-order valence-electron chi connectivity index (χ0n) is 12.5. The van der Waals surface area contributed by atoms with Gasteiger partial charge in [0, 0.05) is 6.54 Å². The highest BCUT2D eigenvalue weighted by Crippen LogP contribution is 2.29. The summed E-state index contributed by atoms with van der Waals surface area (Å²) in [6.45, 7) is 3.51. The van der Waals surface area contributed by atoms with Crippen LogP contribution < -0.4 is 4.90 Å². The standard InChI is InChI=1S/C14H16N6O3/c1-8-12-13(15-7-16-14(12)23-18-8)19-2-3-20-9(5-19)4-10(17-20)11(22)6-21/h4,7,11,21-22H,2-3,5-6H2,1H3/t11-/m0/s1. The Kier molecular flexibility index (Phi) is 3.24. The highest BCUT2D eigenvalue weighted by atomic mass is 16.5. The van der Waals surface area contributed by atoms with Crippen LogP contribution in [0.15, 0.2) is 16.9 Å². The van der Waals surface area contributed by atoms with Crippen LogP contribution in [0, 0.1) is 6.92 Å². The van der Waals surface area contributed by atoms with Crippen LogP contribution in [0.1, 0.15) is 23.2 Å². The number of hydrogen-bond donors (Lipinski definition) is 2. The second-order valence-electron chi connectivity index (χ2n) is 5.55. The van der Waals surface area contributed by atoms with E-state index in [-0.39, 0.29) is 6.61 Å². The molecular weight excluding hydrogens is 300 g/mol. The molecule has 0 amide bonds. The third-order valence-electron chi connectivity index (χ3n) is 4.05. The van der Waals surface area contributed by atoms with Gasteiger partial charge < -0.3 is 19.6 Å². The van der Waals surface area contributed by atoms with Crippen molar-refractivity contribution in [1.82, 2.24) is 24.9 Å². The molecule has 0 spiro atoms. The quantitative estimate of drug-likeness (QED) is 0.703.